The highest BCUT2D eigenvalue weighted by Gasteiger charge is 2.25. The third-order valence-corrected chi connectivity index (χ3v) is 4.11. The molecule has 1 saturated heterocycles. The summed E-state index contributed by atoms with van der Waals surface area (Å²) in [5.74, 6) is 0.0523. The van der Waals surface area contributed by atoms with Gasteiger partial charge in [-0.15, -0.1) is 0 Å². The number of hydrogen-bond acceptors (Lipinski definition) is 3. The van der Waals surface area contributed by atoms with Crippen molar-refractivity contribution in [3.05, 3.63) is 34.9 Å². The van der Waals surface area contributed by atoms with Crippen LogP contribution in [0.15, 0.2) is 24.3 Å². The summed E-state index contributed by atoms with van der Waals surface area (Å²) in [5.41, 5.74) is 7.15. The molecule has 5 heteroatoms. The maximum absolute atomic E-state index is 11.1. The Labute approximate surface area is 125 Å². The Bertz CT molecular complexity index is 441. The van der Waals surface area contributed by atoms with Crippen molar-refractivity contribution < 1.29 is 4.79 Å². The lowest BCUT2D eigenvalue weighted by molar-refractivity contribution is -0.120. The third kappa shape index (κ3) is 3.95. The van der Waals surface area contributed by atoms with Gasteiger partial charge in [-0.05, 0) is 30.5 Å². The first kappa shape index (κ1) is 15.3. The number of carbonyl (C=O) groups excluding carboxylic acids is 1. The fraction of sp³-hybridized carbons (Fsp3) is 0.533. The van der Waals surface area contributed by atoms with Gasteiger partial charge in [0.2, 0.25) is 5.91 Å². The van der Waals surface area contributed by atoms with Gasteiger partial charge in [0.15, 0.2) is 0 Å². The maximum atomic E-state index is 11.1. The van der Waals surface area contributed by atoms with E-state index in [1.807, 2.05) is 24.3 Å². The van der Waals surface area contributed by atoms with E-state index in [1.165, 1.54) is 5.56 Å². The van der Waals surface area contributed by atoms with Gasteiger partial charge in [0, 0.05) is 43.7 Å². The molecule has 1 aromatic carbocycles. The Hall–Kier alpha value is -1.10. The predicted octanol–water partition coefficient (Wildman–Crippen LogP) is 1.94. The molecule has 4 nitrogen and oxygen atoms in total. The molecule has 0 saturated carbocycles. The molecule has 1 aromatic rings. The first-order chi connectivity index (χ1) is 9.60. The van der Waals surface area contributed by atoms with E-state index in [0.29, 0.717) is 12.6 Å². The summed E-state index contributed by atoms with van der Waals surface area (Å²) < 4.78 is 0. The Kier molecular flexibility index (Phi) is 5.40. The second-order valence-electron chi connectivity index (χ2n) is 5.31. The van der Waals surface area contributed by atoms with E-state index in [2.05, 4.69) is 10.2 Å². The SMILES string of the molecule is CC(=O)NC1CCN(C(CN)c2ccc(Cl)cc2)CC1. The zero-order valence-electron chi connectivity index (χ0n) is 11.8. The minimum absolute atomic E-state index is 0.0523. The van der Waals surface area contributed by atoms with E-state index in [4.69, 9.17) is 17.3 Å². The summed E-state index contributed by atoms with van der Waals surface area (Å²) in [6, 6.07) is 8.42. The van der Waals surface area contributed by atoms with E-state index < -0.39 is 0 Å². The molecule has 1 amide bonds. The molecule has 1 aliphatic heterocycles. The summed E-state index contributed by atoms with van der Waals surface area (Å²) in [6.07, 6.45) is 1.95. The zero-order valence-corrected chi connectivity index (χ0v) is 12.6. The highest BCUT2D eigenvalue weighted by Crippen LogP contribution is 2.25. The molecule has 0 radical (unpaired) electrons. The van der Waals surface area contributed by atoms with Crippen molar-refractivity contribution in [1.82, 2.24) is 10.2 Å². The molecule has 1 unspecified atom stereocenters. The number of likely N-dealkylation sites (tertiary alicyclic amines) is 1. The fourth-order valence-corrected chi connectivity index (χ4v) is 2.95. The third-order valence-electron chi connectivity index (χ3n) is 3.86. The van der Waals surface area contributed by atoms with Crippen LogP contribution in [0.1, 0.15) is 31.4 Å². The minimum Gasteiger partial charge on any atom is -0.354 e. The van der Waals surface area contributed by atoms with Crippen LogP contribution in [-0.4, -0.2) is 36.5 Å². The van der Waals surface area contributed by atoms with Crippen LogP contribution in [0.4, 0.5) is 0 Å². The summed E-state index contributed by atoms with van der Waals surface area (Å²) in [4.78, 5) is 13.5. The summed E-state index contributed by atoms with van der Waals surface area (Å²) in [6.45, 7) is 4.07. The van der Waals surface area contributed by atoms with Crippen LogP contribution in [-0.2, 0) is 4.79 Å². The Morgan fingerprint density at radius 3 is 2.50 bits per heavy atom. The molecular weight excluding hydrogens is 274 g/mol. The van der Waals surface area contributed by atoms with E-state index in [-0.39, 0.29) is 11.9 Å². The van der Waals surface area contributed by atoms with Gasteiger partial charge in [-0.25, -0.2) is 0 Å². The standard InChI is InChI=1S/C15H22ClN3O/c1-11(20)18-14-6-8-19(9-7-14)15(10-17)12-2-4-13(16)5-3-12/h2-5,14-15H,6-10,17H2,1H3,(H,18,20). The van der Waals surface area contributed by atoms with Crippen molar-refractivity contribution in [2.75, 3.05) is 19.6 Å². The number of benzene rings is 1. The topological polar surface area (TPSA) is 58.4 Å². The number of halogens is 1. The molecule has 3 N–H and O–H groups in total. The highest BCUT2D eigenvalue weighted by molar-refractivity contribution is 6.30. The number of nitrogens with one attached hydrogen (secondary N) is 1. The molecule has 1 aliphatic rings. The molecule has 20 heavy (non-hydrogen) atoms. The molecule has 1 heterocycles. The molecule has 1 fully saturated rings. The Balaban J connectivity index is 1.96. The van der Waals surface area contributed by atoms with Crippen LogP contribution in [0, 0.1) is 0 Å². The second kappa shape index (κ2) is 7.07. The molecular formula is C15H22ClN3O. The van der Waals surface area contributed by atoms with Crippen molar-refractivity contribution in [1.29, 1.82) is 0 Å². The van der Waals surface area contributed by atoms with Crippen molar-refractivity contribution in [3.8, 4) is 0 Å². The van der Waals surface area contributed by atoms with Crippen molar-refractivity contribution >= 4 is 17.5 Å². The van der Waals surface area contributed by atoms with E-state index in [1.54, 1.807) is 6.92 Å². The number of carbonyl (C=O) groups is 1. The summed E-state index contributed by atoms with van der Waals surface area (Å²) in [7, 11) is 0. The number of rotatable bonds is 4. The number of nitrogens with two attached hydrogens (primary N) is 1. The number of nitrogens with zero attached hydrogens (tertiary/aromatic N) is 1. The number of piperidine rings is 1. The lowest BCUT2D eigenvalue weighted by Gasteiger charge is -2.37. The smallest absolute Gasteiger partial charge is 0.217 e. The largest absolute Gasteiger partial charge is 0.354 e. The average Bonchev–Trinajstić information content (AvgIpc) is 2.43. The molecule has 0 aromatic heterocycles. The van der Waals surface area contributed by atoms with Gasteiger partial charge >= 0.3 is 0 Å². The molecule has 1 atom stereocenters. The Morgan fingerprint density at radius 1 is 1.40 bits per heavy atom. The maximum Gasteiger partial charge on any atom is 0.217 e. The first-order valence-electron chi connectivity index (χ1n) is 7.07. The first-order valence-corrected chi connectivity index (χ1v) is 7.44. The van der Waals surface area contributed by atoms with Crippen LogP contribution < -0.4 is 11.1 Å². The van der Waals surface area contributed by atoms with Gasteiger partial charge in [-0.2, -0.15) is 0 Å². The van der Waals surface area contributed by atoms with Gasteiger partial charge in [0.1, 0.15) is 0 Å². The quantitative estimate of drug-likeness (QED) is 0.892. The lowest BCUT2D eigenvalue weighted by atomic mass is 9.99. The van der Waals surface area contributed by atoms with Gasteiger partial charge in [-0.1, -0.05) is 23.7 Å². The predicted molar refractivity (Wildman–Crippen MR) is 81.7 cm³/mol. The average molecular weight is 296 g/mol. The van der Waals surface area contributed by atoms with Crippen LogP contribution in [0.2, 0.25) is 5.02 Å². The van der Waals surface area contributed by atoms with Crippen LogP contribution in [0.5, 0.6) is 0 Å². The van der Waals surface area contributed by atoms with Crippen molar-refractivity contribution in [2.45, 2.75) is 31.8 Å². The lowest BCUT2D eigenvalue weighted by Crippen LogP contribution is -2.46. The molecule has 0 aliphatic carbocycles. The fourth-order valence-electron chi connectivity index (χ4n) is 2.82. The monoisotopic (exact) mass is 295 g/mol. The zero-order chi connectivity index (χ0) is 14.5. The van der Waals surface area contributed by atoms with E-state index in [9.17, 15) is 4.79 Å². The van der Waals surface area contributed by atoms with E-state index >= 15 is 0 Å². The highest BCUT2D eigenvalue weighted by atomic mass is 35.5. The minimum atomic E-state index is 0.0523. The van der Waals surface area contributed by atoms with Crippen LogP contribution in [0.25, 0.3) is 0 Å². The van der Waals surface area contributed by atoms with Gasteiger partial charge in [-0.3, -0.25) is 9.69 Å². The molecule has 0 bridgehead atoms. The number of amides is 1. The van der Waals surface area contributed by atoms with E-state index in [0.717, 1.165) is 31.0 Å². The van der Waals surface area contributed by atoms with Crippen LogP contribution >= 0.6 is 11.6 Å². The van der Waals surface area contributed by atoms with Gasteiger partial charge < -0.3 is 11.1 Å². The van der Waals surface area contributed by atoms with Crippen LogP contribution in [0.3, 0.4) is 0 Å². The Morgan fingerprint density at radius 2 is 2.00 bits per heavy atom. The molecule has 2 rings (SSSR count). The molecule has 0 spiro atoms. The summed E-state index contributed by atoms with van der Waals surface area (Å²) >= 11 is 5.93. The van der Waals surface area contributed by atoms with Crippen molar-refractivity contribution in [3.63, 3.8) is 0 Å². The summed E-state index contributed by atoms with van der Waals surface area (Å²) in [5, 5.41) is 3.74. The number of hydrogen-bond donors (Lipinski definition) is 2. The normalized spacial score (nSPS) is 18.8. The van der Waals surface area contributed by atoms with Crippen molar-refractivity contribution in [2.24, 2.45) is 5.73 Å². The second-order valence-corrected chi connectivity index (χ2v) is 5.75. The van der Waals surface area contributed by atoms with Gasteiger partial charge in [0.25, 0.3) is 0 Å². The molecule has 110 valence electrons. The van der Waals surface area contributed by atoms with Gasteiger partial charge in [0.05, 0.1) is 0 Å².